The first-order valence-electron chi connectivity index (χ1n) is 5.57. The minimum Gasteiger partial charge on any atom is -0.392 e. The van der Waals surface area contributed by atoms with E-state index < -0.39 is 0 Å². The molecule has 0 radical (unpaired) electrons. The maximum atomic E-state index is 9.38. The molecule has 1 unspecified atom stereocenters. The van der Waals surface area contributed by atoms with Gasteiger partial charge in [0.05, 0.1) is 12.1 Å². The number of hydrogen-bond acceptors (Lipinski definition) is 6. The molecule has 2 rings (SSSR count). The molecule has 0 spiro atoms. The van der Waals surface area contributed by atoms with E-state index in [2.05, 4.69) is 15.5 Å². The highest BCUT2D eigenvalue weighted by Crippen LogP contribution is 2.23. The maximum absolute atomic E-state index is 9.38. The van der Waals surface area contributed by atoms with Gasteiger partial charge in [-0.1, -0.05) is 5.16 Å². The quantitative estimate of drug-likeness (QED) is 0.782. The molecule has 0 aliphatic carbocycles. The average molecular weight is 227 g/mol. The third-order valence-corrected chi connectivity index (χ3v) is 2.64. The van der Waals surface area contributed by atoms with Crippen molar-refractivity contribution in [3.63, 3.8) is 0 Å². The van der Waals surface area contributed by atoms with E-state index in [4.69, 9.17) is 9.26 Å². The van der Waals surface area contributed by atoms with Crippen LogP contribution in [0.2, 0.25) is 0 Å². The SMILES string of the molecule is CCOC(C)c1noc([C@H]2C[C@H](O)CN2)n1. The maximum Gasteiger partial charge on any atom is 0.243 e. The van der Waals surface area contributed by atoms with Crippen LogP contribution in [0.3, 0.4) is 0 Å². The molecule has 6 heteroatoms. The fourth-order valence-corrected chi connectivity index (χ4v) is 1.78. The van der Waals surface area contributed by atoms with Gasteiger partial charge in [-0.25, -0.2) is 0 Å². The van der Waals surface area contributed by atoms with Crippen molar-refractivity contribution >= 4 is 0 Å². The van der Waals surface area contributed by atoms with E-state index >= 15 is 0 Å². The van der Waals surface area contributed by atoms with Gasteiger partial charge in [0.1, 0.15) is 6.10 Å². The van der Waals surface area contributed by atoms with E-state index in [0.717, 1.165) is 0 Å². The van der Waals surface area contributed by atoms with Crippen LogP contribution in [0.1, 0.15) is 44.1 Å². The largest absolute Gasteiger partial charge is 0.392 e. The van der Waals surface area contributed by atoms with Gasteiger partial charge in [0, 0.05) is 13.2 Å². The lowest BCUT2D eigenvalue weighted by Gasteiger charge is -2.05. The molecule has 0 aromatic carbocycles. The van der Waals surface area contributed by atoms with Crippen LogP contribution in [0.25, 0.3) is 0 Å². The predicted octanol–water partition coefficient (Wildman–Crippen LogP) is 0.562. The number of β-amino-alcohol motifs (C(OH)–C–C–N with tert-alkyl or cyclic N) is 1. The highest BCUT2D eigenvalue weighted by molar-refractivity contribution is 4.98. The summed E-state index contributed by atoms with van der Waals surface area (Å²) in [6.45, 7) is 5.00. The molecule has 1 aliphatic heterocycles. The summed E-state index contributed by atoms with van der Waals surface area (Å²) in [5, 5.41) is 16.4. The van der Waals surface area contributed by atoms with Gasteiger partial charge in [-0.2, -0.15) is 4.98 Å². The second-order valence-corrected chi connectivity index (χ2v) is 3.94. The number of ether oxygens (including phenoxy) is 1. The van der Waals surface area contributed by atoms with Crippen LogP contribution >= 0.6 is 0 Å². The van der Waals surface area contributed by atoms with Gasteiger partial charge < -0.3 is 19.7 Å². The van der Waals surface area contributed by atoms with Crippen LogP contribution in [0.15, 0.2) is 4.52 Å². The molecular weight excluding hydrogens is 210 g/mol. The fourth-order valence-electron chi connectivity index (χ4n) is 1.78. The number of aliphatic hydroxyl groups is 1. The minimum atomic E-state index is -0.329. The van der Waals surface area contributed by atoms with Gasteiger partial charge in [-0.15, -0.1) is 0 Å². The molecule has 1 saturated heterocycles. The van der Waals surface area contributed by atoms with Gasteiger partial charge in [-0.3, -0.25) is 0 Å². The Labute approximate surface area is 94.0 Å². The zero-order valence-electron chi connectivity index (χ0n) is 9.51. The molecule has 16 heavy (non-hydrogen) atoms. The monoisotopic (exact) mass is 227 g/mol. The Bertz CT molecular complexity index is 342. The van der Waals surface area contributed by atoms with Crippen molar-refractivity contribution in [2.75, 3.05) is 13.2 Å². The molecule has 1 fully saturated rings. The van der Waals surface area contributed by atoms with Crippen LogP contribution in [0, 0.1) is 0 Å². The number of nitrogens with zero attached hydrogens (tertiary/aromatic N) is 2. The number of nitrogens with one attached hydrogen (secondary N) is 1. The summed E-state index contributed by atoms with van der Waals surface area (Å²) in [5.41, 5.74) is 0. The first-order valence-corrected chi connectivity index (χ1v) is 5.57. The van der Waals surface area contributed by atoms with Crippen molar-refractivity contribution in [3.05, 3.63) is 11.7 Å². The lowest BCUT2D eigenvalue weighted by Crippen LogP contribution is -2.15. The minimum absolute atomic E-state index is 0.0370. The molecule has 0 saturated carbocycles. The second kappa shape index (κ2) is 4.90. The zero-order valence-corrected chi connectivity index (χ0v) is 9.51. The zero-order chi connectivity index (χ0) is 11.5. The Kier molecular flexibility index (Phi) is 3.52. The summed E-state index contributed by atoms with van der Waals surface area (Å²) in [7, 11) is 0. The normalized spacial score (nSPS) is 27.2. The summed E-state index contributed by atoms with van der Waals surface area (Å²) in [4.78, 5) is 4.27. The topological polar surface area (TPSA) is 80.4 Å². The number of hydrogen-bond donors (Lipinski definition) is 2. The van der Waals surface area contributed by atoms with Gasteiger partial charge in [0.15, 0.2) is 5.82 Å². The highest BCUT2D eigenvalue weighted by Gasteiger charge is 2.28. The molecule has 6 nitrogen and oxygen atoms in total. The molecule has 1 aliphatic rings. The average Bonchev–Trinajstić information content (AvgIpc) is 2.85. The molecule has 3 atom stereocenters. The van der Waals surface area contributed by atoms with Gasteiger partial charge in [0.25, 0.3) is 0 Å². The summed E-state index contributed by atoms with van der Waals surface area (Å²) in [5.74, 6) is 1.08. The van der Waals surface area contributed by atoms with Gasteiger partial charge >= 0.3 is 0 Å². The van der Waals surface area contributed by atoms with Crippen molar-refractivity contribution in [3.8, 4) is 0 Å². The van der Waals surface area contributed by atoms with Crippen LogP contribution in [-0.2, 0) is 4.74 Å². The summed E-state index contributed by atoms with van der Waals surface area (Å²) < 4.78 is 10.5. The Balaban J connectivity index is 2.01. The molecule has 2 heterocycles. The molecule has 90 valence electrons. The lowest BCUT2D eigenvalue weighted by atomic mass is 10.2. The van der Waals surface area contributed by atoms with E-state index in [0.29, 0.717) is 31.3 Å². The van der Waals surface area contributed by atoms with Crippen molar-refractivity contribution in [1.82, 2.24) is 15.5 Å². The predicted molar refractivity (Wildman–Crippen MR) is 55.7 cm³/mol. The van der Waals surface area contributed by atoms with Crippen molar-refractivity contribution in [2.45, 2.75) is 38.5 Å². The fraction of sp³-hybridized carbons (Fsp3) is 0.800. The van der Waals surface area contributed by atoms with Gasteiger partial charge in [-0.05, 0) is 20.3 Å². The first-order chi connectivity index (χ1) is 7.70. The van der Waals surface area contributed by atoms with E-state index in [-0.39, 0.29) is 18.2 Å². The van der Waals surface area contributed by atoms with Crippen molar-refractivity contribution in [2.24, 2.45) is 0 Å². The summed E-state index contributed by atoms with van der Waals surface area (Å²) in [6, 6.07) is -0.0370. The van der Waals surface area contributed by atoms with E-state index in [1.54, 1.807) is 0 Å². The standard InChI is InChI=1S/C10H17N3O3/c1-3-15-6(2)9-12-10(16-13-9)8-4-7(14)5-11-8/h6-8,11,14H,3-5H2,1-2H3/t6?,7-,8+/m0/s1. The van der Waals surface area contributed by atoms with E-state index in [9.17, 15) is 5.11 Å². The number of aliphatic hydroxyl groups excluding tert-OH is 1. The van der Waals surface area contributed by atoms with Crippen LogP contribution in [0.4, 0.5) is 0 Å². The summed E-state index contributed by atoms with van der Waals surface area (Å²) >= 11 is 0. The smallest absolute Gasteiger partial charge is 0.243 e. The molecule has 2 N–H and O–H groups in total. The molecular formula is C10H17N3O3. The number of aromatic nitrogens is 2. The van der Waals surface area contributed by atoms with Crippen LogP contribution in [-0.4, -0.2) is 34.5 Å². The first kappa shape index (κ1) is 11.5. The molecule has 1 aromatic heterocycles. The molecule has 1 aromatic rings. The van der Waals surface area contributed by atoms with E-state index in [1.807, 2.05) is 13.8 Å². The van der Waals surface area contributed by atoms with Gasteiger partial charge in [0.2, 0.25) is 5.89 Å². The Hall–Kier alpha value is -0.980. The summed E-state index contributed by atoms with van der Waals surface area (Å²) in [6.07, 6.45) is 0.128. The second-order valence-electron chi connectivity index (χ2n) is 3.94. The Morgan fingerprint density at radius 1 is 1.69 bits per heavy atom. The van der Waals surface area contributed by atoms with E-state index in [1.165, 1.54) is 0 Å². The molecule has 0 bridgehead atoms. The third kappa shape index (κ3) is 2.40. The Morgan fingerprint density at radius 2 is 2.50 bits per heavy atom. The molecule has 0 amide bonds. The highest BCUT2D eigenvalue weighted by atomic mass is 16.5. The Morgan fingerprint density at radius 3 is 3.12 bits per heavy atom. The van der Waals surface area contributed by atoms with Crippen LogP contribution in [0.5, 0.6) is 0 Å². The number of rotatable bonds is 4. The van der Waals surface area contributed by atoms with Crippen molar-refractivity contribution < 1.29 is 14.4 Å². The van der Waals surface area contributed by atoms with Crippen LogP contribution < -0.4 is 5.32 Å². The lowest BCUT2D eigenvalue weighted by molar-refractivity contribution is 0.0683. The van der Waals surface area contributed by atoms with Crippen molar-refractivity contribution in [1.29, 1.82) is 0 Å². The third-order valence-electron chi connectivity index (χ3n) is 2.64.